The molecule has 2 rings (SSSR count). The number of rotatable bonds is 6. The molecule has 0 radical (unpaired) electrons. The Morgan fingerprint density at radius 2 is 1.88 bits per heavy atom. The lowest BCUT2D eigenvalue weighted by Crippen LogP contribution is -2.51. The number of halogens is 1. The van der Waals surface area contributed by atoms with Crippen molar-refractivity contribution in [3.63, 3.8) is 0 Å². The van der Waals surface area contributed by atoms with E-state index >= 15 is 0 Å². The molecule has 0 atom stereocenters. The second-order valence-corrected chi connectivity index (χ2v) is 7.51. The van der Waals surface area contributed by atoms with Gasteiger partial charge in [0.05, 0.1) is 12.5 Å². The maximum Gasteiger partial charge on any atom is 0.235 e. The van der Waals surface area contributed by atoms with Gasteiger partial charge in [-0.1, -0.05) is 22.0 Å². The number of aromatic nitrogens is 2. The van der Waals surface area contributed by atoms with E-state index in [4.69, 9.17) is 9.47 Å². The van der Waals surface area contributed by atoms with Gasteiger partial charge >= 0.3 is 0 Å². The van der Waals surface area contributed by atoms with Crippen LogP contribution >= 0.6 is 15.9 Å². The Morgan fingerprint density at radius 3 is 2.52 bits per heavy atom. The summed E-state index contributed by atoms with van der Waals surface area (Å²) in [5.74, 6) is 1.23. The topological polar surface area (TPSA) is 73.3 Å². The number of hydrogen-bond acceptors (Lipinski definition) is 5. The highest BCUT2D eigenvalue weighted by Crippen LogP contribution is 2.36. The molecule has 2 aromatic rings. The van der Waals surface area contributed by atoms with Crippen molar-refractivity contribution in [2.24, 2.45) is 5.41 Å². The van der Waals surface area contributed by atoms with Gasteiger partial charge < -0.3 is 14.8 Å². The number of hydrogen-bond donors (Lipinski definition) is 1. The van der Waals surface area contributed by atoms with Crippen molar-refractivity contribution in [1.82, 2.24) is 9.97 Å². The standard InChI is InChI=1S/C18H22BrN3O3/c1-17(2,16(23)22-14-10-15(24-5)21-11-20-14)18(3,4)25-13-8-6-7-12(19)9-13/h6-11H,1-5H3,(H,20,21,22,23). The minimum absolute atomic E-state index is 0.215. The highest BCUT2D eigenvalue weighted by Gasteiger charge is 2.45. The fourth-order valence-electron chi connectivity index (χ4n) is 2.02. The van der Waals surface area contributed by atoms with E-state index in [1.54, 1.807) is 6.07 Å². The van der Waals surface area contributed by atoms with Crippen LogP contribution in [0.2, 0.25) is 0 Å². The van der Waals surface area contributed by atoms with Crippen LogP contribution in [0, 0.1) is 5.41 Å². The number of benzene rings is 1. The van der Waals surface area contributed by atoms with Gasteiger partial charge in [-0.3, -0.25) is 4.79 Å². The lowest BCUT2D eigenvalue weighted by Gasteiger charge is -2.40. The third kappa shape index (κ3) is 4.48. The fraction of sp³-hybridized carbons (Fsp3) is 0.389. The van der Waals surface area contributed by atoms with E-state index in [9.17, 15) is 4.79 Å². The maximum absolute atomic E-state index is 12.8. The van der Waals surface area contributed by atoms with Crippen LogP contribution in [-0.2, 0) is 4.79 Å². The Hall–Kier alpha value is -2.15. The highest BCUT2D eigenvalue weighted by atomic mass is 79.9. The molecule has 134 valence electrons. The van der Waals surface area contributed by atoms with Crippen LogP contribution in [0.3, 0.4) is 0 Å². The summed E-state index contributed by atoms with van der Waals surface area (Å²) in [5, 5.41) is 2.80. The Balaban J connectivity index is 2.17. The first-order chi connectivity index (χ1) is 11.7. The van der Waals surface area contributed by atoms with Crippen LogP contribution in [0.4, 0.5) is 5.82 Å². The molecule has 1 aromatic carbocycles. The molecule has 6 nitrogen and oxygen atoms in total. The average molecular weight is 408 g/mol. The molecule has 0 aliphatic carbocycles. The Labute approximate surface area is 156 Å². The minimum Gasteiger partial charge on any atom is -0.487 e. The molecule has 1 N–H and O–H groups in total. The van der Waals surface area contributed by atoms with E-state index in [1.165, 1.54) is 13.4 Å². The van der Waals surface area contributed by atoms with E-state index in [-0.39, 0.29) is 5.91 Å². The number of ether oxygens (including phenoxy) is 2. The van der Waals surface area contributed by atoms with Crippen molar-refractivity contribution in [2.45, 2.75) is 33.3 Å². The number of methoxy groups -OCH3 is 1. The molecule has 0 aliphatic rings. The number of nitrogens with one attached hydrogen (secondary N) is 1. The fourth-order valence-corrected chi connectivity index (χ4v) is 2.40. The van der Waals surface area contributed by atoms with Gasteiger partial charge in [0.15, 0.2) is 0 Å². The maximum atomic E-state index is 12.8. The van der Waals surface area contributed by atoms with Gasteiger partial charge in [-0.15, -0.1) is 0 Å². The summed E-state index contributed by atoms with van der Waals surface area (Å²) >= 11 is 3.42. The van der Waals surface area contributed by atoms with Crippen LogP contribution in [0.5, 0.6) is 11.6 Å². The van der Waals surface area contributed by atoms with Crippen molar-refractivity contribution in [3.8, 4) is 11.6 Å². The summed E-state index contributed by atoms with van der Waals surface area (Å²) in [5.41, 5.74) is -1.61. The summed E-state index contributed by atoms with van der Waals surface area (Å²) in [6.45, 7) is 7.43. The highest BCUT2D eigenvalue weighted by molar-refractivity contribution is 9.10. The van der Waals surface area contributed by atoms with E-state index < -0.39 is 11.0 Å². The smallest absolute Gasteiger partial charge is 0.235 e. The molecule has 0 fully saturated rings. The molecular weight excluding hydrogens is 386 g/mol. The van der Waals surface area contributed by atoms with E-state index in [2.05, 4.69) is 31.2 Å². The third-order valence-electron chi connectivity index (χ3n) is 4.33. The largest absolute Gasteiger partial charge is 0.487 e. The molecule has 25 heavy (non-hydrogen) atoms. The van der Waals surface area contributed by atoms with Crippen LogP contribution in [-0.4, -0.2) is 28.6 Å². The summed E-state index contributed by atoms with van der Waals surface area (Å²) in [6.07, 6.45) is 1.34. The zero-order valence-corrected chi connectivity index (χ0v) is 16.5. The first-order valence-corrected chi connectivity index (χ1v) is 8.57. The van der Waals surface area contributed by atoms with Gasteiger partial charge in [0.1, 0.15) is 23.5 Å². The van der Waals surface area contributed by atoms with Gasteiger partial charge in [0.25, 0.3) is 0 Å². The summed E-state index contributed by atoms with van der Waals surface area (Å²) in [7, 11) is 1.51. The molecule has 0 saturated heterocycles. The molecule has 1 aromatic heterocycles. The number of amides is 1. The van der Waals surface area contributed by atoms with Crippen molar-refractivity contribution >= 4 is 27.7 Å². The molecular formula is C18H22BrN3O3. The molecule has 1 amide bonds. The monoisotopic (exact) mass is 407 g/mol. The van der Waals surface area contributed by atoms with Crippen molar-refractivity contribution in [2.75, 3.05) is 12.4 Å². The summed E-state index contributed by atoms with van der Waals surface area (Å²) in [4.78, 5) is 20.8. The van der Waals surface area contributed by atoms with Crippen molar-refractivity contribution < 1.29 is 14.3 Å². The Bertz CT molecular complexity index is 763. The zero-order valence-electron chi connectivity index (χ0n) is 15.0. The normalized spacial score (nSPS) is 11.8. The van der Waals surface area contributed by atoms with Crippen LogP contribution in [0.15, 0.2) is 41.1 Å². The predicted molar refractivity (Wildman–Crippen MR) is 99.8 cm³/mol. The van der Waals surface area contributed by atoms with E-state index in [1.807, 2.05) is 52.0 Å². The van der Waals surface area contributed by atoms with Gasteiger partial charge in [-0.25, -0.2) is 9.97 Å². The van der Waals surface area contributed by atoms with Crippen LogP contribution in [0.1, 0.15) is 27.7 Å². The first-order valence-electron chi connectivity index (χ1n) is 7.78. The molecule has 0 saturated carbocycles. The number of anilines is 1. The quantitative estimate of drug-likeness (QED) is 0.780. The van der Waals surface area contributed by atoms with Crippen molar-refractivity contribution in [3.05, 3.63) is 41.1 Å². The van der Waals surface area contributed by atoms with Crippen molar-refractivity contribution in [1.29, 1.82) is 0 Å². The van der Waals surface area contributed by atoms with Gasteiger partial charge in [-0.05, 0) is 45.9 Å². The molecule has 7 heteroatoms. The van der Waals surface area contributed by atoms with Gasteiger partial charge in [-0.2, -0.15) is 0 Å². The first kappa shape index (κ1) is 19.2. The van der Waals surface area contributed by atoms with E-state index in [0.29, 0.717) is 17.4 Å². The Kier molecular flexibility index (Phi) is 5.67. The number of nitrogens with zero attached hydrogens (tertiary/aromatic N) is 2. The van der Waals surface area contributed by atoms with Crippen LogP contribution < -0.4 is 14.8 Å². The lowest BCUT2D eigenvalue weighted by atomic mass is 9.76. The van der Waals surface area contributed by atoms with E-state index in [0.717, 1.165) is 4.47 Å². The number of carbonyl (C=O) groups is 1. The minimum atomic E-state index is -0.840. The second-order valence-electron chi connectivity index (χ2n) is 6.59. The molecule has 0 spiro atoms. The van der Waals surface area contributed by atoms with Gasteiger partial charge in [0, 0.05) is 10.5 Å². The van der Waals surface area contributed by atoms with Gasteiger partial charge in [0.2, 0.25) is 11.8 Å². The zero-order chi connectivity index (χ0) is 18.7. The average Bonchev–Trinajstić information content (AvgIpc) is 2.54. The Morgan fingerprint density at radius 1 is 1.16 bits per heavy atom. The molecule has 0 unspecified atom stereocenters. The summed E-state index contributed by atoms with van der Waals surface area (Å²) in [6, 6.07) is 9.09. The molecule has 1 heterocycles. The predicted octanol–water partition coefficient (Wildman–Crippen LogP) is 4.07. The van der Waals surface area contributed by atoms with Crippen LogP contribution in [0.25, 0.3) is 0 Å². The molecule has 0 aliphatic heterocycles. The lowest BCUT2D eigenvalue weighted by molar-refractivity contribution is -0.134. The number of carbonyl (C=O) groups excluding carboxylic acids is 1. The molecule has 0 bridgehead atoms. The summed E-state index contributed by atoms with van der Waals surface area (Å²) < 4.78 is 12.1. The third-order valence-corrected chi connectivity index (χ3v) is 4.83. The second kappa shape index (κ2) is 7.39. The SMILES string of the molecule is COc1cc(NC(=O)C(C)(C)C(C)(C)Oc2cccc(Br)c2)ncn1.